The summed E-state index contributed by atoms with van der Waals surface area (Å²) in [7, 11) is -4.14. The molecule has 0 N–H and O–H groups in total. The summed E-state index contributed by atoms with van der Waals surface area (Å²) in [4.78, 5) is 24.8. The highest BCUT2D eigenvalue weighted by Crippen LogP contribution is 2.27. The number of Topliss-reactive ketones (excluding diaryl/α,β-unsaturated/α-hetero) is 1. The molecule has 0 saturated carbocycles. The lowest BCUT2D eigenvalue weighted by atomic mass is 10.1. The Morgan fingerprint density at radius 2 is 1.88 bits per heavy atom. The van der Waals surface area contributed by atoms with Crippen LogP contribution in [0.5, 0.6) is 0 Å². The molecule has 26 heavy (non-hydrogen) atoms. The van der Waals surface area contributed by atoms with Crippen LogP contribution in [0.25, 0.3) is 0 Å². The number of aryl methyl sites for hydroxylation is 3. The van der Waals surface area contributed by atoms with Gasteiger partial charge in [-0.05, 0) is 31.9 Å². The first-order valence-corrected chi connectivity index (χ1v) is 9.34. The van der Waals surface area contributed by atoms with E-state index in [0.717, 1.165) is 10.5 Å². The molecule has 8 heteroatoms. The van der Waals surface area contributed by atoms with Crippen LogP contribution in [-0.4, -0.2) is 38.3 Å². The van der Waals surface area contributed by atoms with Crippen LogP contribution in [0.2, 0.25) is 0 Å². The molecule has 0 unspecified atom stereocenters. The smallest absolute Gasteiger partial charge is 0.414 e. The summed E-state index contributed by atoms with van der Waals surface area (Å²) in [5.41, 5.74) is 2.03. The minimum Gasteiger partial charge on any atom is -0.445 e. The first kappa shape index (κ1) is 19.7. The molecule has 1 heterocycles. The third-order valence-electron chi connectivity index (χ3n) is 3.65. The van der Waals surface area contributed by atoms with Gasteiger partial charge in [-0.15, -0.1) is 0 Å². The predicted molar refractivity (Wildman–Crippen MR) is 94.9 cm³/mol. The zero-order chi connectivity index (χ0) is 19.5. The van der Waals surface area contributed by atoms with Crippen molar-refractivity contribution in [2.45, 2.75) is 32.1 Å². The standard InChI is InChI=1S/C18H21NO6S/c1-5-6-24-18(21)19-10-15(20)9-16(11-19)25-26(22,23)17-13(3)7-12(2)8-14(17)4/h5,7-8,11H,1,6,9-10H2,2-4H3. The summed E-state index contributed by atoms with van der Waals surface area (Å²) >= 11 is 0. The molecule has 0 spiro atoms. The Kier molecular flexibility index (Phi) is 5.86. The van der Waals surface area contributed by atoms with Gasteiger partial charge in [-0.2, -0.15) is 8.42 Å². The number of allylic oxidation sites excluding steroid dienone is 1. The van der Waals surface area contributed by atoms with Gasteiger partial charge in [0.15, 0.2) is 5.78 Å². The molecule has 140 valence electrons. The van der Waals surface area contributed by atoms with Crippen LogP contribution < -0.4 is 0 Å². The zero-order valence-corrected chi connectivity index (χ0v) is 15.8. The Balaban J connectivity index is 2.30. The van der Waals surface area contributed by atoms with E-state index >= 15 is 0 Å². The molecule has 0 fully saturated rings. The highest BCUT2D eigenvalue weighted by atomic mass is 32.2. The molecule has 1 aliphatic heterocycles. The molecular weight excluding hydrogens is 358 g/mol. The van der Waals surface area contributed by atoms with Crippen molar-refractivity contribution in [1.82, 2.24) is 4.90 Å². The normalized spacial score (nSPS) is 14.7. The fraction of sp³-hybridized carbons (Fsp3) is 0.333. The van der Waals surface area contributed by atoms with Gasteiger partial charge in [-0.3, -0.25) is 9.69 Å². The van der Waals surface area contributed by atoms with Crippen LogP contribution in [0.3, 0.4) is 0 Å². The van der Waals surface area contributed by atoms with E-state index in [4.69, 9.17) is 8.92 Å². The van der Waals surface area contributed by atoms with Gasteiger partial charge in [-0.25, -0.2) is 4.79 Å². The maximum Gasteiger partial charge on any atom is 0.414 e. The lowest BCUT2D eigenvalue weighted by molar-refractivity contribution is -0.119. The predicted octanol–water partition coefficient (Wildman–Crippen LogP) is 2.76. The monoisotopic (exact) mass is 379 g/mol. The quantitative estimate of drug-likeness (QED) is 0.577. The molecule has 1 aliphatic rings. The molecular formula is C18H21NO6S. The van der Waals surface area contributed by atoms with E-state index in [9.17, 15) is 18.0 Å². The minimum atomic E-state index is -4.14. The number of amides is 1. The highest BCUT2D eigenvalue weighted by molar-refractivity contribution is 7.87. The summed E-state index contributed by atoms with van der Waals surface area (Å²) in [6.45, 7) is 8.43. The van der Waals surface area contributed by atoms with Gasteiger partial charge in [0.2, 0.25) is 0 Å². The van der Waals surface area contributed by atoms with Crippen LogP contribution in [0, 0.1) is 20.8 Å². The van der Waals surface area contributed by atoms with Crippen molar-refractivity contribution in [3.8, 4) is 0 Å². The summed E-state index contributed by atoms with van der Waals surface area (Å²) in [5, 5.41) is 0. The van der Waals surface area contributed by atoms with E-state index in [-0.39, 0.29) is 36.0 Å². The van der Waals surface area contributed by atoms with Crippen molar-refractivity contribution in [3.63, 3.8) is 0 Å². The molecule has 1 aromatic carbocycles. The van der Waals surface area contributed by atoms with Crippen molar-refractivity contribution in [3.05, 3.63) is 53.4 Å². The molecule has 0 aromatic heterocycles. The number of benzene rings is 1. The first-order valence-electron chi connectivity index (χ1n) is 7.93. The molecule has 0 aliphatic carbocycles. The summed E-state index contributed by atoms with van der Waals surface area (Å²) in [6, 6.07) is 3.48. The number of carbonyl (C=O) groups is 2. The van der Waals surface area contributed by atoms with E-state index in [1.807, 2.05) is 6.92 Å². The van der Waals surface area contributed by atoms with Crippen molar-refractivity contribution in [2.24, 2.45) is 0 Å². The molecule has 1 amide bonds. The molecule has 0 radical (unpaired) electrons. The zero-order valence-electron chi connectivity index (χ0n) is 14.9. The maximum absolute atomic E-state index is 12.7. The maximum atomic E-state index is 12.7. The first-order chi connectivity index (χ1) is 12.1. The topological polar surface area (TPSA) is 90.0 Å². The van der Waals surface area contributed by atoms with Crippen LogP contribution >= 0.6 is 0 Å². The summed E-state index contributed by atoms with van der Waals surface area (Å²) in [5.74, 6) is -0.484. The van der Waals surface area contributed by atoms with Crippen LogP contribution in [0.15, 0.2) is 41.6 Å². The van der Waals surface area contributed by atoms with Crippen molar-refractivity contribution >= 4 is 22.0 Å². The summed E-state index contributed by atoms with van der Waals surface area (Å²) < 4.78 is 35.4. The number of ether oxygens (including phenoxy) is 1. The van der Waals surface area contributed by atoms with Crippen LogP contribution in [-0.2, 0) is 23.8 Å². The Hall–Kier alpha value is -2.61. The molecule has 7 nitrogen and oxygen atoms in total. The van der Waals surface area contributed by atoms with Crippen molar-refractivity contribution in [2.75, 3.05) is 13.2 Å². The number of ketones is 1. The average Bonchev–Trinajstić information content (AvgIpc) is 2.49. The molecule has 0 saturated heterocycles. The number of nitrogens with zero attached hydrogens (tertiary/aromatic N) is 1. The SMILES string of the molecule is C=CCOC(=O)N1C=C(OS(=O)(=O)c2c(C)cc(C)cc2C)CC(=O)C1. The van der Waals surface area contributed by atoms with E-state index in [1.54, 1.807) is 26.0 Å². The third-order valence-corrected chi connectivity index (χ3v) is 5.23. The van der Waals surface area contributed by atoms with E-state index < -0.39 is 16.2 Å². The highest BCUT2D eigenvalue weighted by Gasteiger charge is 2.29. The second-order valence-electron chi connectivity index (χ2n) is 6.07. The largest absolute Gasteiger partial charge is 0.445 e. The van der Waals surface area contributed by atoms with Crippen molar-refractivity contribution in [1.29, 1.82) is 0 Å². The Morgan fingerprint density at radius 1 is 1.27 bits per heavy atom. The van der Waals surface area contributed by atoms with Gasteiger partial charge >= 0.3 is 16.2 Å². The molecule has 0 bridgehead atoms. The van der Waals surface area contributed by atoms with Gasteiger partial charge in [0.25, 0.3) is 0 Å². The van der Waals surface area contributed by atoms with Gasteiger partial charge in [0.05, 0.1) is 19.2 Å². The fourth-order valence-corrected chi connectivity index (χ4v) is 4.20. The third kappa shape index (κ3) is 4.51. The van der Waals surface area contributed by atoms with E-state index in [1.165, 1.54) is 12.3 Å². The molecule has 0 atom stereocenters. The number of carbonyl (C=O) groups excluding carboxylic acids is 2. The van der Waals surface area contributed by atoms with Gasteiger partial charge < -0.3 is 8.92 Å². The number of hydrogen-bond acceptors (Lipinski definition) is 6. The minimum absolute atomic E-state index is 0.0202. The van der Waals surface area contributed by atoms with E-state index in [2.05, 4.69) is 6.58 Å². The second-order valence-corrected chi connectivity index (χ2v) is 7.55. The lowest BCUT2D eigenvalue weighted by Crippen LogP contribution is -2.36. The van der Waals surface area contributed by atoms with E-state index in [0.29, 0.717) is 11.1 Å². The summed E-state index contributed by atoms with van der Waals surface area (Å²) in [6.07, 6.45) is 1.58. The fourth-order valence-electron chi connectivity index (χ4n) is 2.83. The Labute approximate surface area is 153 Å². The van der Waals surface area contributed by atoms with Gasteiger partial charge in [0, 0.05) is 0 Å². The molecule has 2 rings (SSSR count). The number of rotatable bonds is 5. The Morgan fingerprint density at radius 3 is 2.46 bits per heavy atom. The van der Waals surface area contributed by atoms with Crippen LogP contribution in [0.1, 0.15) is 23.1 Å². The van der Waals surface area contributed by atoms with Gasteiger partial charge in [-0.1, -0.05) is 30.4 Å². The molecule has 1 aromatic rings. The second kappa shape index (κ2) is 7.74. The Bertz CT molecular complexity index is 862. The lowest BCUT2D eigenvalue weighted by Gasteiger charge is -2.23. The van der Waals surface area contributed by atoms with Crippen molar-refractivity contribution < 1.29 is 26.9 Å². The average molecular weight is 379 g/mol. The van der Waals surface area contributed by atoms with Crippen LogP contribution in [0.4, 0.5) is 4.79 Å². The number of hydrogen-bond donors (Lipinski definition) is 0. The van der Waals surface area contributed by atoms with Gasteiger partial charge in [0.1, 0.15) is 17.3 Å².